The molecule has 1 fully saturated rings. The Labute approximate surface area is 191 Å². The minimum atomic E-state index is 0.00379. The summed E-state index contributed by atoms with van der Waals surface area (Å²) in [5.74, 6) is 0.00379. The van der Waals surface area contributed by atoms with Gasteiger partial charge in [-0.1, -0.05) is 18.2 Å². The maximum absolute atomic E-state index is 13.8. The summed E-state index contributed by atoms with van der Waals surface area (Å²) in [6, 6.07) is 14.1. The van der Waals surface area contributed by atoms with Gasteiger partial charge in [0.1, 0.15) is 0 Å². The van der Waals surface area contributed by atoms with Crippen molar-refractivity contribution in [2.24, 2.45) is 0 Å². The van der Waals surface area contributed by atoms with Crippen molar-refractivity contribution in [1.82, 2.24) is 19.7 Å². The minimum absolute atomic E-state index is 0.00379. The highest BCUT2D eigenvalue weighted by atomic mass is 32.1. The lowest BCUT2D eigenvalue weighted by atomic mass is 10.1. The van der Waals surface area contributed by atoms with Crippen molar-refractivity contribution >= 4 is 28.3 Å². The van der Waals surface area contributed by atoms with E-state index >= 15 is 0 Å². The second kappa shape index (κ2) is 8.15. The number of morpholine rings is 1. The lowest BCUT2D eigenvalue weighted by molar-refractivity contribution is -0.0585. The van der Waals surface area contributed by atoms with Crippen molar-refractivity contribution in [2.45, 2.75) is 39.9 Å². The van der Waals surface area contributed by atoms with E-state index in [1.165, 1.54) is 0 Å². The van der Waals surface area contributed by atoms with Gasteiger partial charge in [-0.05, 0) is 62.9 Å². The maximum Gasteiger partial charge on any atom is 0.254 e. The number of carbonyl (C=O) groups is 1. The number of thiophene rings is 1. The van der Waals surface area contributed by atoms with Crippen molar-refractivity contribution in [3.8, 4) is 16.3 Å². The predicted molar refractivity (Wildman–Crippen MR) is 128 cm³/mol. The summed E-state index contributed by atoms with van der Waals surface area (Å²) in [4.78, 5) is 21.7. The van der Waals surface area contributed by atoms with Gasteiger partial charge in [-0.2, -0.15) is 5.10 Å². The van der Waals surface area contributed by atoms with Gasteiger partial charge in [0.15, 0.2) is 5.65 Å². The van der Waals surface area contributed by atoms with Gasteiger partial charge in [0.2, 0.25) is 0 Å². The van der Waals surface area contributed by atoms with Crippen LogP contribution >= 0.6 is 11.3 Å². The molecule has 4 aromatic rings. The van der Waals surface area contributed by atoms with Gasteiger partial charge in [-0.15, -0.1) is 11.3 Å². The highest BCUT2D eigenvalue weighted by molar-refractivity contribution is 7.13. The number of pyridine rings is 1. The van der Waals surface area contributed by atoms with E-state index < -0.39 is 0 Å². The van der Waals surface area contributed by atoms with E-state index in [0.717, 1.165) is 32.9 Å². The molecular weight excluding hydrogens is 420 g/mol. The summed E-state index contributed by atoms with van der Waals surface area (Å²) in [6.45, 7) is 9.18. The van der Waals surface area contributed by atoms with Crippen LogP contribution in [0.4, 0.5) is 0 Å². The lowest BCUT2D eigenvalue weighted by Gasteiger charge is -2.35. The monoisotopic (exact) mass is 446 g/mol. The summed E-state index contributed by atoms with van der Waals surface area (Å²) in [7, 11) is 0. The molecule has 2 atom stereocenters. The first kappa shape index (κ1) is 20.8. The summed E-state index contributed by atoms with van der Waals surface area (Å²) in [5, 5.41) is 7.64. The fraction of sp³-hybridized carbons (Fsp3) is 0.320. The second-order valence-electron chi connectivity index (χ2n) is 8.53. The second-order valence-corrected chi connectivity index (χ2v) is 9.48. The Morgan fingerprint density at radius 3 is 2.56 bits per heavy atom. The van der Waals surface area contributed by atoms with Gasteiger partial charge in [-0.25, -0.2) is 9.67 Å². The van der Waals surface area contributed by atoms with Crippen LogP contribution in [-0.2, 0) is 4.74 Å². The fourth-order valence-corrected chi connectivity index (χ4v) is 5.15. The summed E-state index contributed by atoms with van der Waals surface area (Å²) >= 11 is 1.62. The number of rotatable bonds is 3. The van der Waals surface area contributed by atoms with Crippen LogP contribution in [0.5, 0.6) is 0 Å². The molecule has 1 aliphatic rings. The molecule has 3 aromatic heterocycles. The molecule has 32 heavy (non-hydrogen) atoms. The average molecular weight is 447 g/mol. The standard InChI is InChI=1S/C25H26N4O2S/c1-15-7-5-8-19(11-15)29-24-23(18(4)27-29)20(12-21(26-24)22-9-6-10-32-22)25(30)28-13-16(2)31-17(3)14-28/h5-12,16-17H,13-14H2,1-4H3/t16-,17-/m1/s1. The Morgan fingerprint density at radius 1 is 1.09 bits per heavy atom. The molecule has 0 spiro atoms. The first-order valence-corrected chi connectivity index (χ1v) is 11.7. The molecule has 0 aliphatic carbocycles. The first-order valence-electron chi connectivity index (χ1n) is 10.9. The summed E-state index contributed by atoms with van der Waals surface area (Å²) in [6.07, 6.45) is 0.0146. The number of hydrogen-bond acceptors (Lipinski definition) is 5. The average Bonchev–Trinajstić information content (AvgIpc) is 3.40. The van der Waals surface area contributed by atoms with Crippen LogP contribution < -0.4 is 0 Å². The molecule has 0 radical (unpaired) electrons. The van der Waals surface area contributed by atoms with Gasteiger partial charge in [-0.3, -0.25) is 4.79 Å². The van der Waals surface area contributed by atoms with Crippen LogP contribution in [0.2, 0.25) is 0 Å². The number of nitrogens with zero attached hydrogens (tertiary/aromatic N) is 4. The minimum Gasteiger partial charge on any atom is -0.372 e. The Balaban J connectivity index is 1.72. The normalized spacial score (nSPS) is 18.9. The third kappa shape index (κ3) is 3.72. The van der Waals surface area contributed by atoms with Gasteiger partial charge >= 0.3 is 0 Å². The maximum atomic E-state index is 13.8. The Hall–Kier alpha value is -3.03. The van der Waals surface area contributed by atoms with Crippen LogP contribution in [0.15, 0.2) is 47.8 Å². The highest BCUT2D eigenvalue weighted by Gasteiger charge is 2.29. The zero-order valence-corrected chi connectivity index (χ0v) is 19.5. The third-order valence-electron chi connectivity index (χ3n) is 5.77. The third-order valence-corrected chi connectivity index (χ3v) is 6.66. The van der Waals surface area contributed by atoms with Crippen LogP contribution in [0.25, 0.3) is 27.3 Å². The Bertz CT molecular complexity index is 1290. The Morgan fingerprint density at radius 2 is 1.88 bits per heavy atom. The van der Waals surface area contributed by atoms with Crippen LogP contribution in [0.1, 0.15) is 35.5 Å². The van der Waals surface area contributed by atoms with E-state index in [1.54, 1.807) is 11.3 Å². The topological polar surface area (TPSA) is 60.2 Å². The molecule has 1 saturated heterocycles. The molecular formula is C25H26N4O2S. The molecule has 0 bridgehead atoms. The van der Waals surface area contributed by atoms with E-state index in [2.05, 4.69) is 19.1 Å². The van der Waals surface area contributed by atoms with Crippen molar-refractivity contribution in [1.29, 1.82) is 0 Å². The van der Waals surface area contributed by atoms with Crippen molar-refractivity contribution in [3.05, 3.63) is 64.7 Å². The summed E-state index contributed by atoms with van der Waals surface area (Å²) < 4.78 is 7.71. The number of amides is 1. The number of aryl methyl sites for hydroxylation is 2. The van der Waals surface area contributed by atoms with Gasteiger partial charge in [0.25, 0.3) is 5.91 Å². The molecule has 7 heteroatoms. The van der Waals surface area contributed by atoms with E-state index in [1.807, 2.05) is 66.1 Å². The predicted octanol–water partition coefficient (Wildman–Crippen LogP) is 5.02. The van der Waals surface area contributed by atoms with Gasteiger partial charge < -0.3 is 9.64 Å². The zero-order chi connectivity index (χ0) is 22.4. The van der Waals surface area contributed by atoms with Gasteiger partial charge in [0, 0.05) is 13.1 Å². The molecule has 1 aromatic carbocycles. The molecule has 0 N–H and O–H groups in total. The van der Waals surface area contributed by atoms with Crippen LogP contribution in [-0.4, -0.2) is 50.9 Å². The fourth-order valence-electron chi connectivity index (χ4n) is 4.46. The zero-order valence-electron chi connectivity index (χ0n) is 18.7. The number of fused-ring (bicyclic) bond motifs is 1. The molecule has 164 valence electrons. The first-order chi connectivity index (χ1) is 15.4. The largest absolute Gasteiger partial charge is 0.372 e. The molecule has 6 nitrogen and oxygen atoms in total. The SMILES string of the molecule is Cc1cccc(-n2nc(C)c3c(C(=O)N4C[C@@H](C)O[C@H](C)C4)cc(-c4cccs4)nc32)c1. The molecule has 1 amide bonds. The van der Waals surface area contributed by atoms with E-state index in [0.29, 0.717) is 24.3 Å². The van der Waals surface area contributed by atoms with E-state index in [-0.39, 0.29) is 18.1 Å². The van der Waals surface area contributed by atoms with Crippen molar-refractivity contribution < 1.29 is 9.53 Å². The highest BCUT2D eigenvalue weighted by Crippen LogP contribution is 2.32. The molecule has 4 heterocycles. The number of carbonyl (C=O) groups excluding carboxylic acids is 1. The number of ether oxygens (including phenoxy) is 1. The molecule has 0 saturated carbocycles. The smallest absolute Gasteiger partial charge is 0.254 e. The lowest BCUT2D eigenvalue weighted by Crippen LogP contribution is -2.48. The molecule has 0 unspecified atom stereocenters. The van der Waals surface area contributed by atoms with Gasteiger partial charge in [0.05, 0.1) is 45.1 Å². The van der Waals surface area contributed by atoms with E-state index in [9.17, 15) is 4.79 Å². The van der Waals surface area contributed by atoms with Crippen LogP contribution in [0.3, 0.4) is 0 Å². The number of aromatic nitrogens is 3. The summed E-state index contributed by atoms with van der Waals surface area (Å²) in [5.41, 5.74) is 5.02. The molecule has 5 rings (SSSR count). The van der Waals surface area contributed by atoms with Crippen LogP contribution in [0, 0.1) is 13.8 Å². The number of hydrogen-bond donors (Lipinski definition) is 0. The van der Waals surface area contributed by atoms with E-state index in [4.69, 9.17) is 14.8 Å². The number of benzene rings is 1. The Kier molecular flexibility index (Phi) is 5.31. The quantitative estimate of drug-likeness (QED) is 0.444. The van der Waals surface area contributed by atoms with Crippen molar-refractivity contribution in [3.63, 3.8) is 0 Å². The van der Waals surface area contributed by atoms with Crippen molar-refractivity contribution in [2.75, 3.05) is 13.1 Å². The molecule has 1 aliphatic heterocycles.